The maximum Gasteiger partial charge on any atom is 0.258 e. The van der Waals surface area contributed by atoms with Crippen LogP contribution in [0.4, 0.5) is 5.82 Å². The van der Waals surface area contributed by atoms with Crippen LogP contribution < -0.4 is 5.73 Å². The molecule has 0 unspecified atom stereocenters. The fourth-order valence-corrected chi connectivity index (χ4v) is 3.76. The van der Waals surface area contributed by atoms with Crippen molar-refractivity contribution in [2.75, 3.05) is 32.0 Å². The smallest absolute Gasteiger partial charge is 0.258 e. The first-order chi connectivity index (χ1) is 13.0. The number of hydrogen-bond acceptors (Lipinski definition) is 5. The van der Waals surface area contributed by atoms with E-state index in [9.17, 15) is 4.79 Å². The largest absolute Gasteiger partial charge is 0.382 e. The maximum atomic E-state index is 13.4. The van der Waals surface area contributed by atoms with Gasteiger partial charge in [0.25, 0.3) is 5.91 Å². The van der Waals surface area contributed by atoms with Gasteiger partial charge in [-0.2, -0.15) is 0 Å². The lowest BCUT2D eigenvalue weighted by molar-refractivity contribution is 0.0304. The van der Waals surface area contributed by atoms with Crippen LogP contribution in [0.2, 0.25) is 10.0 Å². The van der Waals surface area contributed by atoms with Gasteiger partial charge in [0.05, 0.1) is 41.3 Å². The van der Waals surface area contributed by atoms with E-state index in [0.29, 0.717) is 64.2 Å². The number of anilines is 1. The molecule has 2 N–H and O–H groups in total. The van der Waals surface area contributed by atoms with Crippen LogP contribution in [0.1, 0.15) is 10.4 Å². The van der Waals surface area contributed by atoms with E-state index < -0.39 is 0 Å². The lowest BCUT2D eigenvalue weighted by Crippen LogP contribution is -2.41. The molecule has 0 saturated carbocycles. The fraction of sp³-hybridized carbons (Fsp3) is 0.278. The molecule has 0 bridgehead atoms. The Kier molecular flexibility index (Phi) is 4.67. The molecule has 27 heavy (non-hydrogen) atoms. The van der Waals surface area contributed by atoms with Crippen LogP contribution in [-0.2, 0) is 11.8 Å². The first-order valence-electron chi connectivity index (χ1n) is 8.40. The zero-order valence-electron chi connectivity index (χ0n) is 14.6. The van der Waals surface area contributed by atoms with Crippen molar-refractivity contribution in [3.8, 4) is 11.3 Å². The molecule has 0 atom stereocenters. The van der Waals surface area contributed by atoms with Gasteiger partial charge < -0.3 is 19.9 Å². The molecule has 4 rings (SSSR count). The first kappa shape index (κ1) is 18.0. The van der Waals surface area contributed by atoms with Gasteiger partial charge in [-0.25, -0.2) is 9.97 Å². The summed E-state index contributed by atoms with van der Waals surface area (Å²) in [6.07, 6.45) is 1.62. The van der Waals surface area contributed by atoms with Crippen molar-refractivity contribution in [2.45, 2.75) is 0 Å². The highest BCUT2D eigenvalue weighted by atomic mass is 35.5. The van der Waals surface area contributed by atoms with Crippen molar-refractivity contribution >= 4 is 46.0 Å². The van der Waals surface area contributed by atoms with Crippen LogP contribution in [0.25, 0.3) is 22.3 Å². The van der Waals surface area contributed by atoms with Crippen LogP contribution >= 0.6 is 23.2 Å². The molecule has 7 nitrogen and oxygen atoms in total. The van der Waals surface area contributed by atoms with Gasteiger partial charge in [-0.1, -0.05) is 23.2 Å². The molecule has 2 aromatic heterocycles. The number of amides is 1. The summed E-state index contributed by atoms with van der Waals surface area (Å²) in [5.41, 5.74) is 8.68. The third-order valence-electron chi connectivity index (χ3n) is 4.58. The number of aromatic nitrogens is 3. The number of morpholine rings is 1. The SMILES string of the molecule is Cn1cnc2c(N)nc(-c3ccc(Cl)cc3Cl)c(C(=O)N3CCOCC3)c21. The second-order valence-corrected chi connectivity index (χ2v) is 7.15. The van der Waals surface area contributed by atoms with Gasteiger partial charge in [-0.3, -0.25) is 4.79 Å². The number of hydrogen-bond donors (Lipinski definition) is 1. The van der Waals surface area contributed by atoms with Crippen molar-refractivity contribution in [1.82, 2.24) is 19.4 Å². The predicted molar refractivity (Wildman–Crippen MR) is 105 cm³/mol. The van der Waals surface area contributed by atoms with Crippen LogP contribution in [0, 0.1) is 0 Å². The fourth-order valence-electron chi connectivity index (χ4n) is 3.26. The van der Waals surface area contributed by atoms with E-state index >= 15 is 0 Å². The van der Waals surface area contributed by atoms with Gasteiger partial charge >= 0.3 is 0 Å². The standard InChI is InChI=1S/C18H17Cl2N5O2/c1-24-9-22-15-16(24)13(18(26)25-4-6-27-7-5-25)14(23-17(15)21)11-3-2-10(19)8-12(11)20/h2-3,8-9H,4-7H2,1H3,(H2,21,23). The predicted octanol–water partition coefficient (Wildman–Crippen LogP) is 3.00. The molecule has 1 fully saturated rings. The Balaban J connectivity index is 2.00. The summed E-state index contributed by atoms with van der Waals surface area (Å²) in [5, 5.41) is 0.895. The normalized spacial score (nSPS) is 14.7. The monoisotopic (exact) mass is 405 g/mol. The van der Waals surface area contributed by atoms with E-state index in [1.807, 2.05) is 7.05 Å². The molecule has 1 aromatic carbocycles. The number of nitrogens with two attached hydrogens (primary N) is 1. The number of benzene rings is 1. The van der Waals surface area contributed by atoms with Gasteiger partial charge in [0.2, 0.25) is 0 Å². The summed E-state index contributed by atoms with van der Waals surface area (Å²) in [4.78, 5) is 24.0. The minimum Gasteiger partial charge on any atom is -0.382 e. The number of ether oxygens (including phenoxy) is 1. The van der Waals surface area contributed by atoms with Crippen LogP contribution in [-0.4, -0.2) is 51.6 Å². The number of rotatable bonds is 2. The summed E-state index contributed by atoms with van der Waals surface area (Å²) < 4.78 is 7.14. The van der Waals surface area contributed by atoms with Gasteiger partial charge in [-0.15, -0.1) is 0 Å². The average Bonchev–Trinajstić information content (AvgIpc) is 3.04. The molecule has 3 heterocycles. The highest BCUT2D eigenvalue weighted by Gasteiger charge is 2.28. The zero-order valence-corrected chi connectivity index (χ0v) is 16.1. The summed E-state index contributed by atoms with van der Waals surface area (Å²) in [6, 6.07) is 5.06. The molecule has 0 aliphatic carbocycles. The zero-order chi connectivity index (χ0) is 19.1. The molecule has 0 radical (unpaired) electrons. The molecular weight excluding hydrogens is 389 g/mol. The maximum absolute atomic E-state index is 13.4. The Morgan fingerprint density at radius 1 is 1.26 bits per heavy atom. The molecule has 1 amide bonds. The van der Waals surface area contributed by atoms with Crippen LogP contribution in [0.15, 0.2) is 24.5 Å². The second kappa shape index (κ2) is 6.99. The Morgan fingerprint density at radius 3 is 2.70 bits per heavy atom. The summed E-state index contributed by atoms with van der Waals surface area (Å²) >= 11 is 12.4. The van der Waals surface area contributed by atoms with Gasteiger partial charge in [0.15, 0.2) is 5.82 Å². The number of nitrogen functional groups attached to an aromatic ring is 1. The average molecular weight is 406 g/mol. The number of pyridine rings is 1. The van der Waals surface area contributed by atoms with Gasteiger partial charge in [0, 0.05) is 30.7 Å². The third-order valence-corrected chi connectivity index (χ3v) is 5.13. The number of carbonyl (C=O) groups is 1. The highest BCUT2D eigenvalue weighted by Crippen LogP contribution is 2.36. The quantitative estimate of drug-likeness (QED) is 0.707. The van der Waals surface area contributed by atoms with Crippen LogP contribution in [0.3, 0.4) is 0 Å². The van der Waals surface area contributed by atoms with E-state index in [4.69, 9.17) is 33.7 Å². The number of aryl methyl sites for hydroxylation is 1. The van der Waals surface area contributed by atoms with Gasteiger partial charge in [-0.05, 0) is 18.2 Å². The molecule has 0 spiro atoms. The van der Waals surface area contributed by atoms with E-state index in [1.165, 1.54) is 0 Å². The molecule has 140 valence electrons. The second-order valence-electron chi connectivity index (χ2n) is 6.30. The van der Waals surface area contributed by atoms with Crippen molar-refractivity contribution < 1.29 is 9.53 Å². The first-order valence-corrected chi connectivity index (χ1v) is 9.16. The number of carbonyl (C=O) groups excluding carboxylic acids is 1. The summed E-state index contributed by atoms with van der Waals surface area (Å²) in [6.45, 7) is 2.02. The topological polar surface area (TPSA) is 86.3 Å². The van der Waals surface area contributed by atoms with Crippen LogP contribution in [0.5, 0.6) is 0 Å². The number of fused-ring (bicyclic) bond motifs is 1. The number of halogens is 2. The Hall–Kier alpha value is -2.35. The molecule has 3 aromatic rings. The third kappa shape index (κ3) is 3.12. The molecular formula is C18H17Cl2N5O2. The lowest BCUT2D eigenvalue weighted by Gasteiger charge is -2.28. The van der Waals surface area contributed by atoms with E-state index in [-0.39, 0.29) is 11.7 Å². The molecule has 1 aliphatic heterocycles. The van der Waals surface area contributed by atoms with Gasteiger partial charge in [0.1, 0.15) is 5.52 Å². The van der Waals surface area contributed by atoms with Crippen molar-refractivity contribution in [3.63, 3.8) is 0 Å². The van der Waals surface area contributed by atoms with E-state index in [1.54, 1.807) is 34.0 Å². The van der Waals surface area contributed by atoms with E-state index in [0.717, 1.165) is 0 Å². The number of nitrogens with zero attached hydrogens (tertiary/aromatic N) is 4. The molecule has 1 saturated heterocycles. The number of imidazole rings is 1. The van der Waals surface area contributed by atoms with Crippen molar-refractivity contribution in [3.05, 3.63) is 40.1 Å². The highest BCUT2D eigenvalue weighted by molar-refractivity contribution is 6.36. The van der Waals surface area contributed by atoms with E-state index in [2.05, 4.69) is 9.97 Å². The Bertz CT molecular complexity index is 1040. The Morgan fingerprint density at radius 2 is 2.00 bits per heavy atom. The molecule has 9 heteroatoms. The van der Waals surface area contributed by atoms with Crippen molar-refractivity contribution in [1.29, 1.82) is 0 Å². The summed E-state index contributed by atoms with van der Waals surface area (Å²) in [5.74, 6) is 0.0885. The molecule has 1 aliphatic rings. The Labute approximate surface area is 165 Å². The van der Waals surface area contributed by atoms with Crippen molar-refractivity contribution in [2.24, 2.45) is 7.05 Å². The lowest BCUT2D eigenvalue weighted by atomic mass is 10.0. The summed E-state index contributed by atoms with van der Waals surface area (Å²) in [7, 11) is 1.82. The minimum absolute atomic E-state index is 0.152. The minimum atomic E-state index is -0.152.